The Hall–Kier alpha value is -2.08. The number of carbonyl (C=O) groups excluding carboxylic acids is 3. The van der Waals surface area contributed by atoms with Crippen molar-refractivity contribution in [3.8, 4) is 0 Å². The number of likely N-dealkylation sites (tertiary alicyclic amines) is 1. The molecule has 0 atom stereocenters. The van der Waals surface area contributed by atoms with Gasteiger partial charge in [-0.1, -0.05) is 17.7 Å². The minimum atomic E-state index is -0.440. The number of hydrogen-bond acceptors (Lipinski definition) is 3. The molecule has 1 aromatic rings. The van der Waals surface area contributed by atoms with Crippen LogP contribution in [0, 0.1) is 0 Å². The summed E-state index contributed by atoms with van der Waals surface area (Å²) in [5, 5.41) is 5.28. The van der Waals surface area contributed by atoms with Crippen molar-refractivity contribution in [1.82, 2.24) is 10.2 Å². The van der Waals surface area contributed by atoms with Crippen LogP contribution in [0.5, 0.6) is 0 Å². The second-order valence-electron chi connectivity index (χ2n) is 5.12. The van der Waals surface area contributed by atoms with E-state index < -0.39 is 5.91 Å². The highest BCUT2D eigenvalue weighted by Gasteiger charge is 2.19. The van der Waals surface area contributed by atoms with Crippen molar-refractivity contribution in [3.63, 3.8) is 0 Å². The quantitative estimate of drug-likeness (QED) is 0.884. The largest absolute Gasteiger partial charge is 0.343 e. The molecule has 3 amide bonds. The lowest BCUT2D eigenvalue weighted by Crippen LogP contribution is -2.38. The Bertz CT molecular complexity index is 598. The maximum atomic E-state index is 12.1. The molecule has 0 unspecified atom stereocenters. The van der Waals surface area contributed by atoms with Gasteiger partial charge in [0.15, 0.2) is 0 Å². The zero-order chi connectivity index (χ0) is 16.1. The SMILES string of the molecule is CC(=O)Nc1cccc(C(=O)NCC(=O)N2CCCC2)c1Cl. The summed E-state index contributed by atoms with van der Waals surface area (Å²) in [5.41, 5.74) is 0.592. The van der Waals surface area contributed by atoms with Gasteiger partial charge in [0.05, 0.1) is 22.8 Å². The van der Waals surface area contributed by atoms with Crippen LogP contribution in [-0.2, 0) is 9.59 Å². The summed E-state index contributed by atoms with van der Waals surface area (Å²) in [6.45, 7) is 2.79. The highest BCUT2D eigenvalue weighted by molar-refractivity contribution is 6.36. The van der Waals surface area contributed by atoms with Crippen LogP contribution in [0.3, 0.4) is 0 Å². The van der Waals surface area contributed by atoms with E-state index in [0.717, 1.165) is 25.9 Å². The summed E-state index contributed by atoms with van der Waals surface area (Å²) >= 11 is 6.12. The molecule has 1 aliphatic heterocycles. The predicted molar refractivity (Wildman–Crippen MR) is 83.9 cm³/mol. The third-order valence-corrected chi connectivity index (χ3v) is 3.82. The molecule has 1 fully saturated rings. The fourth-order valence-corrected chi connectivity index (χ4v) is 2.58. The van der Waals surface area contributed by atoms with Crippen molar-refractivity contribution in [2.24, 2.45) is 0 Å². The molecule has 2 N–H and O–H groups in total. The zero-order valence-corrected chi connectivity index (χ0v) is 13.1. The van der Waals surface area contributed by atoms with Gasteiger partial charge in [-0.05, 0) is 25.0 Å². The number of hydrogen-bond donors (Lipinski definition) is 2. The highest BCUT2D eigenvalue weighted by atomic mass is 35.5. The van der Waals surface area contributed by atoms with E-state index in [1.165, 1.54) is 6.92 Å². The molecule has 0 aliphatic carbocycles. The van der Waals surface area contributed by atoms with Crippen LogP contribution >= 0.6 is 11.6 Å². The normalized spacial score (nSPS) is 13.8. The molecule has 1 saturated heterocycles. The average molecular weight is 324 g/mol. The maximum Gasteiger partial charge on any atom is 0.253 e. The third-order valence-electron chi connectivity index (χ3n) is 3.41. The van der Waals surface area contributed by atoms with Crippen LogP contribution in [0.1, 0.15) is 30.1 Å². The predicted octanol–water partition coefficient (Wildman–Crippen LogP) is 1.65. The monoisotopic (exact) mass is 323 g/mol. The van der Waals surface area contributed by atoms with E-state index in [2.05, 4.69) is 10.6 Å². The molecule has 7 heteroatoms. The van der Waals surface area contributed by atoms with Gasteiger partial charge in [0.25, 0.3) is 5.91 Å². The van der Waals surface area contributed by atoms with Gasteiger partial charge in [-0.3, -0.25) is 14.4 Å². The first-order valence-corrected chi connectivity index (χ1v) is 7.49. The van der Waals surface area contributed by atoms with Crippen LogP contribution in [0.4, 0.5) is 5.69 Å². The van der Waals surface area contributed by atoms with Gasteiger partial charge in [-0.25, -0.2) is 0 Å². The van der Waals surface area contributed by atoms with E-state index in [9.17, 15) is 14.4 Å². The molecule has 22 heavy (non-hydrogen) atoms. The van der Waals surface area contributed by atoms with Crippen LogP contribution in [0.15, 0.2) is 18.2 Å². The van der Waals surface area contributed by atoms with Crippen LogP contribution in [-0.4, -0.2) is 42.3 Å². The zero-order valence-electron chi connectivity index (χ0n) is 12.3. The van der Waals surface area contributed by atoms with Crippen molar-refractivity contribution >= 4 is 35.0 Å². The van der Waals surface area contributed by atoms with Crippen molar-refractivity contribution in [3.05, 3.63) is 28.8 Å². The van der Waals surface area contributed by atoms with E-state index in [-0.39, 0.29) is 28.9 Å². The van der Waals surface area contributed by atoms with Crippen LogP contribution in [0.2, 0.25) is 5.02 Å². The van der Waals surface area contributed by atoms with E-state index in [1.807, 2.05) is 0 Å². The highest BCUT2D eigenvalue weighted by Crippen LogP contribution is 2.25. The average Bonchev–Trinajstić information content (AvgIpc) is 3.00. The van der Waals surface area contributed by atoms with E-state index in [0.29, 0.717) is 5.69 Å². The van der Waals surface area contributed by atoms with Crippen LogP contribution in [0.25, 0.3) is 0 Å². The lowest BCUT2D eigenvalue weighted by atomic mass is 10.2. The number of benzene rings is 1. The molecule has 0 saturated carbocycles. The van der Waals surface area contributed by atoms with Gasteiger partial charge in [-0.2, -0.15) is 0 Å². The van der Waals surface area contributed by atoms with Gasteiger partial charge in [-0.15, -0.1) is 0 Å². The molecule has 6 nitrogen and oxygen atoms in total. The van der Waals surface area contributed by atoms with E-state index in [4.69, 9.17) is 11.6 Å². The second-order valence-corrected chi connectivity index (χ2v) is 5.50. The molecule has 1 aromatic carbocycles. The van der Waals surface area contributed by atoms with Crippen molar-refractivity contribution in [2.45, 2.75) is 19.8 Å². The molecule has 0 bridgehead atoms. The first-order chi connectivity index (χ1) is 10.5. The Morgan fingerprint density at radius 3 is 2.55 bits per heavy atom. The summed E-state index contributed by atoms with van der Waals surface area (Å²) < 4.78 is 0. The summed E-state index contributed by atoms with van der Waals surface area (Å²) in [5.74, 6) is -0.812. The number of nitrogens with zero attached hydrogens (tertiary/aromatic N) is 1. The lowest BCUT2D eigenvalue weighted by molar-refractivity contribution is -0.129. The number of amides is 3. The van der Waals surface area contributed by atoms with Gasteiger partial charge in [0, 0.05) is 20.0 Å². The molecular weight excluding hydrogens is 306 g/mol. The Balaban J connectivity index is 2.00. The molecule has 1 aliphatic rings. The molecule has 118 valence electrons. The van der Waals surface area contributed by atoms with Gasteiger partial charge in [0.1, 0.15) is 0 Å². The number of rotatable bonds is 4. The minimum absolute atomic E-state index is 0.0560. The maximum absolute atomic E-state index is 12.1. The second kappa shape index (κ2) is 7.26. The molecule has 0 radical (unpaired) electrons. The smallest absolute Gasteiger partial charge is 0.253 e. The summed E-state index contributed by atoms with van der Waals surface area (Å²) in [4.78, 5) is 36.9. The lowest BCUT2D eigenvalue weighted by Gasteiger charge is -2.16. The van der Waals surface area contributed by atoms with Gasteiger partial charge >= 0.3 is 0 Å². The number of halogens is 1. The summed E-state index contributed by atoms with van der Waals surface area (Å²) in [6.07, 6.45) is 2.01. The van der Waals surface area contributed by atoms with Crippen molar-refractivity contribution in [2.75, 3.05) is 25.0 Å². The van der Waals surface area contributed by atoms with Gasteiger partial charge < -0.3 is 15.5 Å². The fraction of sp³-hybridized carbons (Fsp3) is 0.400. The topological polar surface area (TPSA) is 78.5 Å². The van der Waals surface area contributed by atoms with Crippen LogP contribution < -0.4 is 10.6 Å². The number of carbonyl (C=O) groups is 3. The molecular formula is C15H18ClN3O3. The Morgan fingerprint density at radius 1 is 1.23 bits per heavy atom. The molecule has 0 spiro atoms. The minimum Gasteiger partial charge on any atom is -0.343 e. The van der Waals surface area contributed by atoms with E-state index in [1.54, 1.807) is 23.1 Å². The summed E-state index contributed by atoms with van der Waals surface area (Å²) in [7, 11) is 0. The molecule has 2 rings (SSSR count). The number of nitrogens with one attached hydrogen (secondary N) is 2. The van der Waals surface area contributed by atoms with Crippen molar-refractivity contribution in [1.29, 1.82) is 0 Å². The fourth-order valence-electron chi connectivity index (χ4n) is 2.32. The Morgan fingerprint density at radius 2 is 1.91 bits per heavy atom. The van der Waals surface area contributed by atoms with E-state index >= 15 is 0 Å². The summed E-state index contributed by atoms with van der Waals surface area (Å²) in [6, 6.07) is 4.77. The third kappa shape index (κ3) is 3.98. The van der Waals surface area contributed by atoms with Gasteiger partial charge in [0.2, 0.25) is 11.8 Å². The Kier molecular flexibility index (Phi) is 5.38. The van der Waals surface area contributed by atoms with Crippen molar-refractivity contribution < 1.29 is 14.4 Å². The molecule has 1 heterocycles. The molecule has 0 aromatic heterocycles. The standard InChI is InChI=1S/C15H18ClN3O3/c1-10(20)18-12-6-4-5-11(14(12)16)15(22)17-9-13(21)19-7-2-3-8-19/h4-6H,2-3,7-9H2,1H3,(H,17,22)(H,18,20). The number of anilines is 1. The first-order valence-electron chi connectivity index (χ1n) is 7.11. The Labute approximate surface area is 133 Å². The first kappa shape index (κ1) is 16.3.